The highest BCUT2D eigenvalue weighted by atomic mass is 79.9. The molecule has 6 heteroatoms. The van der Waals surface area contributed by atoms with Crippen LogP contribution in [-0.2, 0) is 11.2 Å². The minimum Gasteiger partial charge on any atom is -0.369 e. The highest BCUT2D eigenvalue weighted by Gasteiger charge is 2.06. The number of nitrogens with one attached hydrogen (secondary N) is 2. The molecule has 0 atom stereocenters. The van der Waals surface area contributed by atoms with Crippen molar-refractivity contribution in [2.75, 3.05) is 17.2 Å². The van der Waals surface area contributed by atoms with Crippen LogP contribution in [0.4, 0.5) is 11.6 Å². The van der Waals surface area contributed by atoms with Crippen LogP contribution in [0.15, 0.2) is 40.9 Å². The highest BCUT2D eigenvalue weighted by Crippen LogP contribution is 2.13. The number of unbranched alkanes of at least 4 members (excludes halogenated alkanes) is 1. The van der Waals surface area contributed by atoms with Gasteiger partial charge in [0.25, 0.3) is 0 Å². The van der Waals surface area contributed by atoms with Gasteiger partial charge in [-0.2, -0.15) is 0 Å². The Balaban J connectivity index is 1.86. The smallest absolute Gasteiger partial charge is 0.229 e. The van der Waals surface area contributed by atoms with E-state index < -0.39 is 0 Å². The van der Waals surface area contributed by atoms with E-state index in [1.165, 1.54) is 0 Å². The summed E-state index contributed by atoms with van der Waals surface area (Å²) in [6.07, 6.45) is 2.52. The second-order valence-electron chi connectivity index (χ2n) is 4.94. The summed E-state index contributed by atoms with van der Waals surface area (Å²) < 4.78 is 0.958. The molecular weight excluding hydrogens is 344 g/mol. The van der Waals surface area contributed by atoms with E-state index >= 15 is 0 Å². The Hall–Kier alpha value is -1.95. The molecule has 0 spiro atoms. The Kier molecular flexibility index (Phi) is 6.33. The molecule has 2 aromatic rings. The first-order valence-electron chi connectivity index (χ1n) is 7.29. The van der Waals surface area contributed by atoms with Gasteiger partial charge in [0.15, 0.2) is 5.82 Å². The third-order valence-electron chi connectivity index (χ3n) is 3.02. The molecule has 0 fully saturated rings. The van der Waals surface area contributed by atoms with E-state index in [2.05, 4.69) is 43.7 Å². The van der Waals surface area contributed by atoms with E-state index in [0.29, 0.717) is 12.2 Å². The van der Waals surface area contributed by atoms with Crippen LogP contribution in [0.25, 0.3) is 0 Å². The van der Waals surface area contributed by atoms with Crippen LogP contribution in [0.1, 0.15) is 25.3 Å². The molecule has 22 heavy (non-hydrogen) atoms. The maximum absolute atomic E-state index is 12.0. The first-order chi connectivity index (χ1) is 10.7. The SMILES string of the molecule is CCCCNc1ccc(NC(=O)Cc2cccc(Br)c2)nn1. The highest BCUT2D eigenvalue weighted by molar-refractivity contribution is 9.10. The van der Waals surface area contributed by atoms with Crippen LogP contribution in [0.5, 0.6) is 0 Å². The fourth-order valence-electron chi connectivity index (χ4n) is 1.91. The molecule has 0 radical (unpaired) electrons. The summed E-state index contributed by atoms with van der Waals surface area (Å²) in [6, 6.07) is 11.2. The molecular formula is C16H19BrN4O. The van der Waals surface area contributed by atoms with E-state index in [9.17, 15) is 4.79 Å². The normalized spacial score (nSPS) is 10.3. The van der Waals surface area contributed by atoms with E-state index in [1.54, 1.807) is 6.07 Å². The van der Waals surface area contributed by atoms with Crippen molar-refractivity contribution < 1.29 is 4.79 Å². The zero-order valence-electron chi connectivity index (χ0n) is 12.5. The summed E-state index contributed by atoms with van der Waals surface area (Å²) in [7, 11) is 0. The standard InChI is InChI=1S/C16H19BrN4O/c1-2-3-9-18-14-7-8-15(21-20-14)19-16(22)11-12-5-4-6-13(17)10-12/h4-8,10H,2-3,9,11H2,1H3,(H,18,20)(H,19,21,22). The molecule has 0 aliphatic heterocycles. The maximum atomic E-state index is 12.0. The van der Waals surface area contributed by atoms with Crippen molar-refractivity contribution in [2.24, 2.45) is 0 Å². The van der Waals surface area contributed by atoms with Gasteiger partial charge in [0.1, 0.15) is 5.82 Å². The lowest BCUT2D eigenvalue weighted by molar-refractivity contribution is -0.115. The van der Waals surface area contributed by atoms with Gasteiger partial charge in [-0.1, -0.05) is 41.4 Å². The van der Waals surface area contributed by atoms with E-state index in [1.807, 2.05) is 30.3 Å². The molecule has 116 valence electrons. The number of amides is 1. The number of hydrogen-bond acceptors (Lipinski definition) is 4. The van der Waals surface area contributed by atoms with Crippen LogP contribution < -0.4 is 10.6 Å². The molecule has 2 N–H and O–H groups in total. The molecule has 5 nitrogen and oxygen atoms in total. The Labute approximate surface area is 138 Å². The second kappa shape index (κ2) is 8.48. The zero-order chi connectivity index (χ0) is 15.8. The molecule has 1 aromatic carbocycles. The average molecular weight is 363 g/mol. The summed E-state index contributed by atoms with van der Waals surface area (Å²) >= 11 is 3.39. The Morgan fingerprint density at radius 2 is 1.95 bits per heavy atom. The Morgan fingerprint density at radius 3 is 2.64 bits per heavy atom. The van der Waals surface area contributed by atoms with Crippen LogP contribution in [0.3, 0.4) is 0 Å². The topological polar surface area (TPSA) is 66.9 Å². The monoisotopic (exact) mass is 362 g/mol. The number of nitrogens with zero attached hydrogens (tertiary/aromatic N) is 2. The molecule has 0 bridgehead atoms. The third kappa shape index (κ3) is 5.44. The molecule has 0 aliphatic rings. The van der Waals surface area contributed by atoms with E-state index in [0.717, 1.165) is 35.2 Å². The number of benzene rings is 1. The Bertz CT molecular complexity index is 616. The zero-order valence-corrected chi connectivity index (χ0v) is 14.1. The first kappa shape index (κ1) is 16.4. The van der Waals surface area contributed by atoms with Gasteiger partial charge in [0.2, 0.25) is 5.91 Å². The van der Waals surface area contributed by atoms with Crippen LogP contribution in [0, 0.1) is 0 Å². The quantitative estimate of drug-likeness (QED) is 0.738. The number of hydrogen-bond donors (Lipinski definition) is 2. The predicted molar refractivity (Wildman–Crippen MR) is 91.9 cm³/mol. The largest absolute Gasteiger partial charge is 0.369 e. The number of aromatic nitrogens is 2. The lowest BCUT2D eigenvalue weighted by atomic mass is 10.1. The number of anilines is 2. The van der Waals surface area contributed by atoms with Gasteiger partial charge < -0.3 is 10.6 Å². The van der Waals surface area contributed by atoms with Gasteiger partial charge in [-0.05, 0) is 36.2 Å². The fourth-order valence-corrected chi connectivity index (χ4v) is 2.35. The minimum atomic E-state index is -0.112. The summed E-state index contributed by atoms with van der Waals surface area (Å²) in [6.45, 7) is 3.01. The predicted octanol–water partition coefficient (Wildman–Crippen LogP) is 3.63. The van der Waals surface area contributed by atoms with Crippen molar-refractivity contribution in [3.05, 3.63) is 46.4 Å². The van der Waals surface area contributed by atoms with Crippen LogP contribution in [0.2, 0.25) is 0 Å². The number of carbonyl (C=O) groups is 1. The minimum absolute atomic E-state index is 0.112. The van der Waals surface area contributed by atoms with Crippen LogP contribution >= 0.6 is 15.9 Å². The van der Waals surface area contributed by atoms with Crippen molar-refractivity contribution in [2.45, 2.75) is 26.2 Å². The van der Waals surface area contributed by atoms with Gasteiger partial charge in [0, 0.05) is 11.0 Å². The molecule has 1 aromatic heterocycles. The van der Waals surface area contributed by atoms with Gasteiger partial charge >= 0.3 is 0 Å². The summed E-state index contributed by atoms with van der Waals surface area (Å²) in [5, 5.41) is 14.0. The van der Waals surface area contributed by atoms with Crippen molar-refractivity contribution >= 4 is 33.5 Å². The van der Waals surface area contributed by atoms with E-state index in [4.69, 9.17) is 0 Å². The number of halogens is 1. The first-order valence-corrected chi connectivity index (χ1v) is 8.08. The third-order valence-corrected chi connectivity index (χ3v) is 3.52. The molecule has 0 unspecified atom stereocenters. The van der Waals surface area contributed by atoms with Gasteiger partial charge in [-0.3, -0.25) is 4.79 Å². The lowest BCUT2D eigenvalue weighted by Gasteiger charge is -2.06. The summed E-state index contributed by atoms with van der Waals surface area (Å²) in [4.78, 5) is 12.0. The van der Waals surface area contributed by atoms with Crippen molar-refractivity contribution in [3.8, 4) is 0 Å². The van der Waals surface area contributed by atoms with Crippen LogP contribution in [-0.4, -0.2) is 22.6 Å². The molecule has 2 rings (SSSR count). The van der Waals surface area contributed by atoms with Crippen molar-refractivity contribution in [1.82, 2.24) is 10.2 Å². The molecule has 0 saturated carbocycles. The summed E-state index contributed by atoms with van der Waals surface area (Å²) in [5.74, 6) is 1.07. The van der Waals surface area contributed by atoms with Gasteiger partial charge in [-0.25, -0.2) is 0 Å². The fraction of sp³-hybridized carbons (Fsp3) is 0.312. The number of carbonyl (C=O) groups excluding carboxylic acids is 1. The van der Waals surface area contributed by atoms with E-state index in [-0.39, 0.29) is 5.91 Å². The molecule has 1 amide bonds. The Morgan fingerprint density at radius 1 is 1.18 bits per heavy atom. The molecule has 0 aliphatic carbocycles. The second-order valence-corrected chi connectivity index (χ2v) is 5.85. The number of rotatable bonds is 7. The molecule has 0 saturated heterocycles. The van der Waals surface area contributed by atoms with Crippen molar-refractivity contribution in [3.63, 3.8) is 0 Å². The van der Waals surface area contributed by atoms with Crippen molar-refractivity contribution in [1.29, 1.82) is 0 Å². The maximum Gasteiger partial charge on any atom is 0.229 e. The lowest BCUT2D eigenvalue weighted by Crippen LogP contribution is -2.16. The average Bonchev–Trinajstić information content (AvgIpc) is 2.49. The molecule has 1 heterocycles. The summed E-state index contributed by atoms with van der Waals surface area (Å²) in [5.41, 5.74) is 0.942. The van der Waals surface area contributed by atoms with Gasteiger partial charge in [0.05, 0.1) is 6.42 Å². The van der Waals surface area contributed by atoms with Gasteiger partial charge in [-0.15, -0.1) is 10.2 Å².